The molecule has 24 heavy (non-hydrogen) atoms. The second-order valence-corrected chi connectivity index (χ2v) is 6.95. The molecule has 0 bridgehead atoms. The van der Waals surface area contributed by atoms with E-state index in [1.54, 1.807) is 6.07 Å². The van der Waals surface area contributed by atoms with Crippen molar-refractivity contribution in [2.24, 2.45) is 0 Å². The molecule has 0 aromatic heterocycles. The Labute approximate surface area is 143 Å². The summed E-state index contributed by atoms with van der Waals surface area (Å²) in [6, 6.07) is 12.5. The van der Waals surface area contributed by atoms with Crippen molar-refractivity contribution in [1.82, 2.24) is 4.90 Å². The Balaban J connectivity index is 1.61. The summed E-state index contributed by atoms with van der Waals surface area (Å²) < 4.78 is 19.6. The first-order valence-corrected chi connectivity index (χ1v) is 8.95. The quantitative estimate of drug-likeness (QED) is 0.826. The summed E-state index contributed by atoms with van der Waals surface area (Å²) in [6.45, 7) is 2.51. The Hall–Kier alpha value is -1.87. The van der Waals surface area contributed by atoms with Gasteiger partial charge < -0.3 is 9.64 Å². The number of fused-ring (bicyclic) bond motifs is 1. The highest BCUT2D eigenvalue weighted by Crippen LogP contribution is 2.33. The number of rotatable bonds is 3. The summed E-state index contributed by atoms with van der Waals surface area (Å²) in [6.07, 6.45) is 6.14. The monoisotopic (exact) mass is 325 g/mol. The highest BCUT2D eigenvalue weighted by molar-refractivity contribution is 5.67. The van der Waals surface area contributed by atoms with E-state index in [0.29, 0.717) is 17.4 Å². The summed E-state index contributed by atoms with van der Waals surface area (Å²) in [4.78, 5) is 2.65. The molecule has 0 N–H and O–H groups in total. The van der Waals surface area contributed by atoms with Crippen LogP contribution >= 0.6 is 0 Å². The van der Waals surface area contributed by atoms with Crippen LogP contribution in [-0.4, -0.2) is 31.1 Å². The number of hydrogen-bond donors (Lipinski definition) is 0. The zero-order valence-corrected chi connectivity index (χ0v) is 14.2. The molecule has 3 heteroatoms. The van der Waals surface area contributed by atoms with Crippen molar-refractivity contribution in [3.8, 4) is 16.9 Å². The Morgan fingerprint density at radius 2 is 1.92 bits per heavy atom. The fourth-order valence-corrected chi connectivity index (χ4v) is 4.21. The van der Waals surface area contributed by atoms with E-state index in [0.717, 1.165) is 18.4 Å². The minimum atomic E-state index is -0.272. The van der Waals surface area contributed by atoms with E-state index in [9.17, 15) is 4.39 Å². The summed E-state index contributed by atoms with van der Waals surface area (Å²) in [5.74, 6) is 0.0324. The molecule has 1 atom stereocenters. The lowest BCUT2D eigenvalue weighted by atomic mass is 9.85. The van der Waals surface area contributed by atoms with Crippen LogP contribution in [-0.2, 0) is 12.8 Å². The van der Waals surface area contributed by atoms with E-state index in [4.69, 9.17) is 4.74 Å². The van der Waals surface area contributed by atoms with Gasteiger partial charge in [-0.05, 0) is 68.0 Å². The molecule has 0 radical (unpaired) electrons. The molecule has 1 heterocycles. The normalized spacial score (nSPS) is 20.8. The maximum atomic E-state index is 14.5. The first kappa shape index (κ1) is 15.6. The molecule has 4 rings (SSSR count). The highest BCUT2D eigenvalue weighted by atomic mass is 19.1. The third-order valence-electron chi connectivity index (χ3n) is 5.56. The van der Waals surface area contributed by atoms with E-state index < -0.39 is 0 Å². The van der Waals surface area contributed by atoms with Gasteiger partial charge in [-0.25, -0.2) is 4.39 Å². The van der Waals surface area contributed by atoms with E-state index >= 15 is 0 Å². The number of hydrogen-bond acceptors (Lipinski definition) is 2. The van der Waals surface area contributed by atoms with Crippen molar-refractivity contribution in [3.63, 3.8) is 0 Å². The van der Waals surface area contributed by atoms with Crippen molar-refractivity contribution in [2.45, 2.75) is 38.1 Å². The molecule has 2 aromatic carbocycles. The molecule has 1 aliphatic carbocycles. The van der Waals surface area contributed by atoms with Crippen LogP contribution in [0.2, 0.25) is 0 Å². The summed E-state index contributed by atoms with van der Waals surface area (Å²) in [7, 11) is 1.51. The molecule has 1 saturated heterocycles. The molecule has 2 aliphatic rings. The number of aryl methyl sites for hydroxylation is 1. The molecular weight excluding hydrogens is 301 g/mol. The number of nitrogens with zero attached hydrogens (tertiary/aromatic N) is 1. The molecule has 2 aromatic rings. The fraction of sp³-hybridized carbons (Fsp3) is 0.429. The molecule has 1 fully saturated rings. The van der Waals surface area contributed by atoms with Crippen molar-refractivity contribution in [3.05, 3.63) is 53.3 Å². The fourth-order valence-electron chi connectivity index (χ4n) is 4.21. The number of likely N-dealkylation sites (tertiary alicyclic amines) is 1. The standard InChI is InChI=1S/C21H24FNO/c1-24-20-6-4-5-19(21(20)22)17-8-7-16-14-18(10-9-15(16)13-17)23-11-2-3-12-23/h4-8,13,18H,2-3,9-12,14H2,1H3. The number of methoxy groups -OCH3 is 1. The number of benzene rings is 2. The maximum Gasteiger partial charge on any atom is 0.172 e. The summed E-state index contributed by atoms with van der Waals surface area (Å²) >= 11 is 0. The first-order valence-electron chi connectivity index (χ1n) is 8.95. The zero-order chi connectivity index (χ0) is 16.5. The molecular formula is C21H24FNO. The van der Waals surface area contributed by atoms with Gasteiger partial charge in [0.15, 0.2) is 11.6 Å². The molecule has 0 amide bonds. The molecule has 0 saturated carbocycles. The van der Waals surface area contributed by atoms with Gasteiger partial charge in [-0.15, -0.1) is 0 Å². The first-order chi connectivity index (χ1) is 11.8. The molecule has 0 spiro atoms. The van der Waals surface area contributed by atoms with Crippen LogP contribution in [0.5, 0.6) is 5.75 Å². The minimum Gasteiger partial charge on any atom is -0.494 e. The SMILES string of the molecule is COc1cccc(-c2ccc3c(c2)CCC(N2CCCC2)C3)c1F. The second-order valence-electron chi connectivity index (χ2n) is 6.95. The van der Waals surface area contributed by atoms with Gasteiger partial charge in [-0.2, -0.15) is 0 Å². The smallest absolute Gasteiger partial charge is 0.172 e. The lowest BCUT2D eigenvalue weighted by Crippen LogP contribution is -2.37. The average molecular weight is 325 g/mol. The third kappa shape index (κ3) is 2.82. The average Bonchev–Trinajstić information content (AvgIpc) is 3.16. The lowest BCUT2D eigenvalue weighted by Gasteiger charge is -2.32. The maximum absolute atomic E-state index is 14.5. The second kappa shape index (κ2) is 6.56. The zero-order valence-electron chi connectivity index (χ0n) is 14.2. The lowest BCUT2D eigenvalue weighted by molar-refractivity contribution is 0.222. The summed E-state index contributed by atoms with van der Waals surface area (Å²) in [5, 5.41) is 0. The summed E-state index contributed by atoms with van der Waals surface area (Å²) in [5.41, 5.74) is 4.39. The van der Waals surface area contributed by atoms with Crippen molar-refractivity contribution in [1.29, 1.82) is 0 Å². The molecule has 1 unspecified atom stereocenters. The Kier molecular flexibility index (Phi) is 4.28. The van der Waals surface area contributed by atoms with Crippen LogP contribution in [0.15, 0.2) is 36.4 Å². The van der Waals surface area contributed by atoms with Gasteiger partial charge in [-0.3, -0.25) is 0 Å². The Bertz CT molecular complexity index is 737. The van der Waals surface area contributed by atoms with E-state index in [1.165, 1.54) is 50.6 Å². The van der Waals surface area contributed by atoms with Crippen LogP contribution in [0.1, 0.15) is 30.4 Å². The van der Waals surface area contributed by atoms with Crippen molar-refractivity contribution >= 4 is 0 Å². The van der Waals surface area contributed by atoms with Gasteiger partial charge in [0.05, 0.1) is 7.11 Å². The van der Waals surface area contributed by atoms with Crippen molar-refractivity contribution in [2.75, 3.05) is 20.2 Å². The number of ether oxygens (including phenoxy) is 1. The van der Waals surface area contributed by atoms with Crippen molar-refractivity contribution < 1.29 is 9.13 Å². The van der Waals surface area contributed by atoms with Gasteiger partial charge in [0.1, 0.15) is 0 Å². The van der Waals surface area contributed by atoms with Gasteiger partial charge in [0, 0.05) is 11.6 Å². The minimum absolute atomic E-state index is 0.272. The van der Waals surface area contributed by atoms with E-state index in [2.05, 4.69) is 23.1 Å². The molecule has 126 valence electrons. The van der Waals surface area contributed by atoms with Gasteiger partial charge in [-0.1, -0.05) is 30.3 Å². The number of halogens is 1. The largest absolute Gasteiger partial charge is 0.494 e. The van der Waals surface area contributed by atoms with Crippen LogP contribution < -0.4 is 4.74 Å². The van der Waals surface area contributed by atoms with Crippen LogP contribution in [0, 0.1) is 5.82 Å². The van der Waals surface area contributed by atoms with Crippen LogP contribution in [0.25, 0.3) is 11.1 Å². The topological polar surface area (TPSA) is 12.5 Å². The van der Waals surface area contributed by atoms with Crippen LogP contribution in [0.4, 0.5) is 4.39 Å². The predicted octanol–water partition coefficient (Wildman–Crippen LogP) is 4.45. The predicted molar refractivity (Wildman–Crippen MR) is 95.0 cm³/mol. The third-order valence-corrected chi connectivity index (χ3v) is 5.56. The Morgan fingerprint density at radius 1 is 1.08 bits per heavy atom. The van der Waals surface area contributed by atoms with E-state index in [1.807, 2.05) is 12.1 Å². The Morgan fingerprint density at radius 3 is 2.71 bits per heavy atom. The van der Waals surface area contributed by atoms with E-state index in [-0.39, 0.29) is 5.82 Å². The molecule has 2 nitrogen and oxygen atoms in total. The van der Waals surface area contributed by atoms with Gasteiger partial charge in [0.2, 0.25) is 0 Å². The van der Waals surface area contributed by atoms with Gasteiger partial charge >= 0.3 is 0 Å². The highest BCUT2D eigenvalue weighted by Gasteiger charge is 2.26. The van der Waals surface area contributed by atoms with Gasteiger partial charge in [0.25, 0.3) is 0 Å². The molecule has 1 aliphatic heterocycles. The van der Waals surface area contributed by atoms with Crippen LogP contribution in [0.3, 0.4) is 0 Å².